The Morgan fingerprint density at radius 2 is 1.91 bits per heavy atom. The maximum Gasteiger partial charge on any atom is 0.407 e. The first kappa shape index (κ1) is 19.4. The molecule has 1 heterocycles. The second-order valence-electron chi connectivity index (χ2n) is 6.67. The van der Waals surface area contributed by atoms with Crippen LogP contribution in [0.3, 0.4) is 0 Å². The zero-order chi connectivity index (χ0) is 17.0. The minimum absolute atomic E-state index is 0.287. The van der Waals surface area contributed by atoms with Crippen LogP contribution in [0.2, 0.25) is 0 Å². The predicted octanol–water partition coefficient (Wildman–Crippen LogP) is 4.00. The second kappa shape index (κ2) is 7.75. The highest BCUT2D eigenvalue weighted by Crippen LogP contribution is 2.20. The van der Waals surface area contributed by atoms with E-state index in [9.17, 15) is 4.79 Å². The highest BCUT2D eigenvalue weighted by Gasteiger charge is 2.21. The van der Waals surface area contributed by atoms with Gasteiger partial charge >= 0.3 is 6.09 Å². The average molecular weight is 437 g/mol. The van der Waals surface area contributed by atoms with Gasteiger partial charge in [-0.15, -0.1) is 0 Å². The Bertz CT molecular complexity index is 528. The first-order valence-corrected chi connectivity index (χ1v) is 8.59. The number of carbonyl (C=O) groups is 1. The van der Waals surface area contributed by atoms with Crippen LogP contribution in [0.1, 0.15) is 40.3 Å². The zero-order valence-corrected chi connectivity index (χ0v) is 16.8. The number of hydrogen-bond donors (Lipinski definition) is 2. The third-order valence-corrected chi connectivity index (χ3v) is 3.81. The Kier molecular flexibility index (Phi) is 6.83. The summed E-state index contributed by atoms with van der Waals surface area (Å²) < 4.78 is 7.09. The van der Waals surface area contributed by atoms with Gasteiger partial charge in [-0.1, -0.05) is 0 Å². The Labute approximate surface area is 148 Å². The number of rotatable bonds is 5. The summed E-state index contributed by atoms with van der Waals surface area (Å²) in [4.78, 5) is 16.0. The van der Waals surface area contributed by atoms with Crippen LogP contribution in [0.25, 0.3) is 0 Å². The van der Waals surface area contributed by atoms with Gasteiger partial charge in [0.25, 0.3) is 0 Å². The molecule has 0 aliphatic heterocycles. The van der Waals surface area contributed by atoms with E-state index in [0.29, 0.717) is 13.1 Å². The van der Waals surface area contributed by atoms with E-state index >= 15 is 0 Å². The molecular formula is C15H23Br2N3O2. The summed E-state index contributed by atoms with van der Waals surface area (Å²) in [7, 11) is 0. The number of pyridine rings is 1. The molecular weight excluding hydrogens is 414 g/mol. The van der Waals surface area contributed by atoms with E-state index in [0.717, 1.165) is 14.6 Å². The van der Waals surface area contributed by atoms with Crippen LogP contribution in [0, 0.1) is 0 Å². The number of halogens is 2. The molecule has 1 aromatic heterocycles. The first-order valence-electron chi connectivity index (χ1n) is 7.00. The lowest BCUT2D eigenvalue weighted by molar-refractivity contribution is 0.0513. The fourth-order valence-corrected chi connectivity index (χ4v) is 2.69. The molecule has 0 fully saturated rings. The van der Waals surface area contributed by atoms with Crippen LogP contribution in [0.15, 0.2) is 21.2 Å². The van der Waals surface area contributed by atoms with Gasteiger partial charge in [0, 0.05) is 33.8 Å². The molecule has 0 radical (unpaired) electrons. The molecule has 0 spiro atoms. The van der Waals surface area contributed by atoms with Crippen molar-refractivity contribution in [2.75, 3.05) is 6.54 Å². The summed E-state index contributed by atoms with van der Waals surface area (Å²) in [5, 5.41) is 6.15. The third-order valence-electron chi connectivity index (χ3n) is 2.69. The van der Waals surface area contributed by atoms with Gasteiger partial charge < -0.3 is 15.4 Å². The number of amides is 1. The molecule has 5 nitrogen and oxygen atoms in total. The summed E-state index contributed by atoms with van der Waals surface area (Å²) >= 11 is 6.87. The maximum absolute atomic E-state index is 11.7. The van der Waals surface area contributed by atoms with Crippen LogP contribution in [-0.2, 0) is 11.3 Å². The largest absolute Gasteiger partial charge is 0.444 e. The Morgan fingerprint density at radius 3 is 2.45 bits per heavy atom. The Morgan fingerprint density at radius 1 is 1.27 bits per heavy atom. The van der Waals surface area contributed by atoms with E-state index in [1.807, 2.05) is 40.7 Å². The van der Waals surface area contributed by atoms with Gasteiger partial charge in [-0.25, -0.2) is 4.79 Å². The molecule has 7 heteroatoms. The van der Waals surface area contributed by atoms with Gasteiger partial charge in [-0.2, -0.15) is 0 Å². The van der Waals surface area contributed by atoms with E-state index < -0.39 is 11.7 Å². The normalized spacial score (nSPS) is 12.1. The molecule has 0 saturated carbocycles. The minimum atomic E-state index is -0.492. The summed E-state index contributed by atoms with van der Waals surface area (Å²) in [6.45, 7) is 10.6. The van der Waals surface area contributed by atoms with Gasteiger partial charge in [-0.05, 0) is 72.5 Å². The van der Waals surface area contributed by atoms with Crippen LogP contribution in [0.4, 0.5) is 4.79 Å². The van der Waals surface area contributed by atoms with Crippen molar-refractivity contribution < 1.29 is 9.53 Å². The lowest BCUT2D eigenvalue weighted by atomic mass is 10.1. The molecule has 0 saturated heterocycles. The zero-order valence-electron chi connectivity index (χ0n) is 13.6. The van der Waals surface area contributed by atoms with E-state index in [-0.39, 0.29) is 5.54 Å². The molecule has 1 amide bonds. The first-order chi connectivity index (χ1) is 9.98. The molecule has 1 aromatic rings. The SMILES string of the molecule is CC(C)(CNC(=O)OC(C)(C)C)NCc1ncc(Br)cc1Br. The van der Waals surface area contributed by atoms with Crippen molar-refractivity contribution in [3.8, 4) is 0 Å². The molecule has 22 heavy (non-hydrogen) atoms. The fraction of sp³-hybridized carbons (Fsp3) is 0.600. The summed E-state index contributed by atoms with van der Waals surface area (Å²) in [5.41, 5.74) is 0.132. The summed E-state index contributed by atoms with van der Waals surface area (Å²) in [6, 6.07) is 1.95. The van der Waals surface area contributed by atoms with E-state index in [4.69, 9.17) is 4.74 Å². The van der Waals surface area contributed by atoms with Gasteiger partial charge in [0.1, 0.15) is 5.60 Å². The number of nitrogens with zero attached hydrogens (tertiary/aromatic N) is 1. The quantitative estimate of drug-likeness (QED) is 0.732. The summed E-state index contributed by atoms with van der Waals surface area (Å²) in [6.07, 6.45) is 1.35. The van der Waals surface area contributed by atoms with Gasteiger partial charge in [0.2, 0.25) is 0 Å². The van der Waals surface area contributed by atoms with Crippen molar-refractivity contribution in [2.45, 2.75) is 52.3 Å². The molecule has 0 atom stereocenters. The summed E-state index contributed by atoms with van der Waals surface area (Å²) in [5.74, 6) is 0. The van der Waals surface area contributed by atoms with Crippen molar-refractivity contribution in [2.24, 2.45) is 0 Å². The van der Waals surface area contributed by atoms with Crippen LogP contribution >= 0.6 is 31.9 Å². The van der Waals surface area contributed by atoms with Crippen molar-refractivity contribution in [1.29, 1.82) is 0 Å². The van der Waals surface area contributed by atoms with Gasteiger partial charge in [-0.3, -0.25) is 4.98 Å². The van der Waals surface area contributed by atoms with Crippen LogP contribution in [-0.4, -0.2) is 28.8 Å². The number of carbonyl (C=O) groups excluding carboxylic acids is 1. The Balaban J connectivity index is 2.48. The molecule has 124 valence electrons. The van der Waals surface area contributed by atoms with E-state index in [1.165, 1.54) is 0 Å². The highest BCUT2D eigenvalue weighted by molar-refractivity contribution is 9.11. The standard InChI is InChI=1S/C15H23Br2N3O2/c1-14(2,3)22-13(21)19-9-15(4,5)20-8-12-11(17)6-10(16)7-18-12/h6-7,20H,8-9H2,1-5H3,(H,19,21). The van der Waals surface area contributed by atoms with Crippen molar-refractivity contribution in [1.82, 2.24) is 15.6 Å². The van der Waals surface area contributed by atoms with E-state index in [2.05, 4.69) is 47.5 Å². The van der Waals surface area contributed by atoms with Gasteiger partial charge in [0.15, 0.2) is 0 Å². The van der Waals surface area contributed by atoms with E-state index in [1.54, 1.807) is 6.20 Å². The lowest BCUT2D eigenvalue weighted by Crippen LogP contribution is -2.49. The topological polar surface area (TPSA) is 63.2 Å². The number of nitrogens with one attached hydrogen (secondary N) is 2. The minimum Gasteiger partial charge on any atom is -0.444 e. The number of ether oxygens (including phenoxy) is 1. The number of hydrogen-bond acceptors (Lipinski definition) is 4. The van der Waals surface area contributed by atoms with Crippen molar-refractivity contribution >= 4 is 38.0 Å². The molecule has 1 rings (SSSR count). The molecule has 0 aliphatic carbocycles. The molecule has 0 unspecified atom stereocenters. The number of alkyl carbamates (subject to hydrolysis) is 1. The maximum atomic E-state index is 11.7. The predicted molar refractivity (Wildman–Crippen MR) is 94.8 cm³/mol. The smallest absolute Gasteiger partial charge is 0.407 e. The highest BCUT2D eigenvalue weighted by atomic mass is 79.9. The Hall–Kier alpha value is -0.660. The molecule has 0 bridgehead atoms. The second-order valence-corrected chi connectivity index (χ2v) is 8.44. The van der Waals surface area contributed by atoms with Crippen molar-refractivity contribution in [3.63, 3.8) is 0 Å². The third kappa shape index (κ3) is 7.56. The molecule has 0 aromatic carbocycles. The van der Waals surface area contributed by atoms with Crippen molar-refractivity contribution in [3.05, 3.63) is 26.9 Å². The van der Waals surface area contributed by atoms with Crippen LogP contribution in [0.5, 0.6) is 0 Å². The van der Waals surface area contributed by atoms with Crippen LogP contribution < -0.4 is 10.6 Å². The molecule has 0 aliphatic rings. The fourth-order valence-electron chi connectivity index (χ4n) is 1.57. The monoisotopic (exact) mass is 435 g/mol. The lowest BCUT2D eigenvalue weighted by Gasteiger charge is -2.28. The number of aromatic nitrogens is 1. The van der Waals surface area contributed by atoms with Gasteiger partial charge in [0.05, 0.1) is 5.69 Å². The molecule has 2 N–H and O–H groups in total. The average Bonchev–Trinajstić information content (AvgIpc) is 2.33.